The molecule has 2 aliphatic carbocycles. The number of hydroxylamine groups is 1. The molecule has 2 rings (SSSR count). The van der Waals surface area contributed by atoms with E-state index in [-0.39, 0.29) is 0 Å². The lowest BCUT2D eigenvalue weighted by Crippen LogP contribution is -2.35. The van der Waals surface area contributed by atoms with E-state index >= 15 is 0 Å². The number of methoxy groups -OCH3 is 1. The van der Waals surface area contributed by atoms with E-state index in [2.05, 4.69) is 12.4 Å². The van der Waals surface area contributed by atoms with Crippen LogP contribution in [0.4, 0.5) is 0 Å². The molecule has 4 nitrogen and oxygen atoms in total. The average Bonchev–Trinajstić information content (AvgIpc) is 2.63. The minimum absolute atomic E-state index is 0.453. The fourth-order valence-electron chi connectivity index (χ4n) is 4.60. The Kier molecular flexibility index (Phi) is 10.3. The van der Waals surface area contributed by atoms with Gasteiger partial charge in [-0.1, -0.05) is 45.4 Å². The van der Waals surface area contributed by atoms with Crippen molar-refractivity contribution in [3.05, 3.63) is 0 Å². The maximum absolute atomic E-state index is 5.09. The van der Waals surface area contributed by atoms with E-state index in [9.17, 15) is 0 Å². The topological polar surface area (TPSA) is 39.7 Å². The van der Waals surface area contributed by atoms with Gasteiger partial charge in [0.2, 0.25) is 0 Å². The zero-order valence-electron chi connectivity index (χ0n) is 15.9. The van der Waals surface area contributed by atoms with Gasteiger partial charge in [-0.2, -0.15) is 5.48 Å². The summed E-state index contributed by atoms with van der Waals surface area (Å²) in [5, 5.41) is 0. The van der Waals surface area contributed by atoms with Crippen molar-refractivity contribution in [2.45, 2.75) is 90.0 Å². The second-order valence-electron chi connectivity index (χ2n) is 7.90. The normalized spacial score (nSPS) is 31.2. The molecule has 0 unspecified atom stereocenters. The van der Waals surface area contributed by atoms with Crippen molar-refractivity contribution < 1.29 is 14.6 Å². The highest BCUT2D eigenvalue weighted by Gasteiger charge is 2.30. The lowest BCUT2D eigenvalue weighted by Gasteiger charge is -2.37. The number of unbranched alkanes of at least 4 members (excludes halogenated alkanes) is 2. The molecular weight excluding hydrogens is 302 g/mol. The average molecular weight is 342 g/mol. The van der Waals surface area contributed by atoms with Gasteiger partial charge in [0, 0.05) is 13.2 Å². The summed E-state index contributed by atoms with van der Waals surface area (Å²) >= 11 is 0. The molecule has 24 heavy (non-hydrogen) atoms. The highest BCUT2D eigenvalue weighted by atomic mass is 17.3. The summed E-state index contributed by atoms with van der Waals surface area (Å²) in [6.07, 6.45) is 16.8. The van der Waals surface area contributed by atoms with Crippen LogP contribution in [0, 0.1) is 17.8 Å². The van der Waals surface area contributed by atoms with Crippen molar-refractivity contribution in [1.29, 1.82) is 0 Å². The van der Waals surface area contributed by atoms with E-state index in [1.165, 1.54) is 77.0 Å². The Labute approximate surface area is 148 Å². The number of rotatable bonds is 11. The second-order valence-corrected chi connectivity index (χ2v) is 7.90. The molecule has 142 valence electrons. The number of hydrogen-bond acceptors (Lipinski definition) is 4. The van der Waals surface area contributed by atoms with Gasteiger partial charge in [-0.15, -0.1) is 4.99 Å². The van der Waals surface area contributed by atoms with Gasteiger partial charge in [-0.25, -0.2) is 4.89 Å². The van der Waals surface area contributed by atoms with E-state index < -0.39 is 0 Å². The summed E-state index contributed by atoms with van der Waals surface area (Å²) < 4.78 is 4.92. The third-order valence-corrected chi connectivity index (χ3v) is 6.19. The molecule has 1 N–H and O–H groups in total. The van der Waals surface area contributed by atoms with Crippen LogP contribution in [-0.4, -0.2) is 26.4 Å². The Bertz CT molecular complexity index is 297. The Morgan fingerprint density at radius 1 is 0.833 bits per heavy atom. The molecule has 0 amide bonds. The van der Waals surface area contributed by atoms with Crippen LogP contribution in [0.15, 0.2) is 0 Å². The standard InChI is InChI=1S/C20H39NO3/c1-3-4-5-6-17-7-9-18(10-8-17)19-11-13-20(14-12-19)21-24-23-16-15-22-2/h17-21H,3-16H2,1-2H3. The van der Waals surface area contributed by atoms with Crippen LogP contribution < -0.4 is 5.48 Å². The van der Waals surface area contributed by atoms with Crippen LogP contribution in [0.5, 0.6) is 0 Å². The molecule has 0 radical (unpaired) electrons. The van der Waals surface area contributed by atoms with Gasteiger partial charge >= 0.3 is 0 Å². The molecule has 0 atom stereocenters. The third-order valence-electron chi connectivity index (χ3n) is 6.19. The van der Waals surface area contributed by atoms with Gasteiger partial charge in [0.05, 0.1) is 6.61 Å². The predicted molar refractivity (Wildman–Crippen MR) is 97.4 cm³/mol. The van der Waals surface area contributed by atoms with E-state index in [1.807, 2.05) is 0 Å². The molecule has 0 aromatic carbocycles. The Balaban J connectivity index is 1.53. The minimum Gasteiger partial charge on any atom is -0.382 e. The van der Waals surface area contributed by atoms with E-state index in [1.54, 1.807) is 7.11 Å². The van der Waals surface area contributed by atoms with Gasteiger partial charge in [0.1, 0.15) is 6.61 Å². The smallest absolute Gasteiger partial charge is 0.108 e. The van der Waals surface area contributed by atoms with Crippen LogP contribution in [0.2, 0.25) is 0 Å². The fraction of sp³-hybridized carbons (Fsp3) is 1.00. The first-order valence-electron chi connectivity index (χ1n) is 10.4. The zero-order chi connectivity index (χ0) is 17.0. The first-order valence-corrected chi connectivity index (χ1v) is 10.4. The van der Waals surface area contributed by atoms with Crippen LogP contribution in [0.3, 0.4) is 0 Å². The highest BCUT2D eigenvalue weighted by Crippen LogP contribution is 2.41. The van der Waals surface area contributed by atoms with E-state index in [0.29, 0.717) is 19.3 Å². The van der Waals surface area contributed by atoms with Crippen molar-refractivity contribution in [2.75, 3.05) is 20.3 Å². The first-order chi connectivity index (χ1) is 11.8. The monoisotopic (exact) mass is 341 g/mol. The number of ether oxygens (including phenoxy) is 1. The van der Waals surface area contributed by atoms with Gasteiger partial charge < -0.3 is 4.74 Å². The van der Waals surface area contributed by atoms with Crippen molar-refractivity contribution in [2.24, 2.45) is 17.8 Å². The van der Waals surface area contributed by atoms with Crippen LogP contribution in [0.25, 0.3) is 0 Å². The summed E-state index contributed by atoms with van der Waals surface area (Å²) in [5.74, 6) is 2.98. The summed E-state index contributed by atoms with van der Waals surface area (Å²) in [7, 11) is 1.66. The second kappa shape index (κ2) is 12.2. The van der Waals surface area contributed by atoms with Crippen LogP contribution in [-0.2, 0) is 14.6 Å². The van der Waals surface area contributed by atoms with Gasteiger partial charge in [-0.05, 0) is 56.3 Å². The molecule has 0 spiro atoms. The molecule has 2 fully saturated rings. The van der Waals surface area contributed by atoms with Crippen molar-refractivity contribution in [3.8, 4) is 0 Å². The lowest BCUT2D eigenvalue weighted by molar-refractivity contribution is -0.346. The molecule has 0 aliphatic heterocycles. The summed E-state index contributed by atoms with van der Waals surface area (Å²) in [4.78, 5) is 10.1. The van der Waals surface area contributed by atoms with Gasteiger partial charge in [0.25, 0.3) is 0 Å². The van der Waals surface area contributed by atoms with Crippen molar-refractivity contribution >= 4 is 0 Å². The third kappa shape index (κ3) is 7.38. The summed E-state index contributed by atoms with van der Waals surface area (Å²) in [5.41, 5.74) is 3.06. The summed E-state index contributed by atoms with van der Waals surface area (Å²) in [6, 6.07) is 0.453. The Morgan fingerprint density at radius 2 is 1.50 bits per heavy atom. The van der Waals surface area contributed by atoms with Crippen LogP contribution >= 0.6 is 0 Å². The fourth-order valence-corrected chi connectivity index (χ4v) is 4.60. The predicted octanol–water partition coefficient (Wildman–Crippen LogP) is 5.03. The maximum atomic E-state index is 5.09. The van der Waals surface area contributed by atoms with Crippen molar-refractivity contribution in [3.63, 3.8) is 0 Å². The molecule has 0 bridgehead atoms. The van der Waals surface area contributed by atoms with E-state index in [4.69, 9.17) is 14.6 Å². The first kappa shape index (κ1) is 20.2. The SMILES string of the molecule is CCCCCC1CCC(C2CCC(NOOCCOC)CC2)CC1. The molecule has 4 heteroatoms. The minimum atomic E-state index is 0.453. The molecule has 2 saturated carbocycles. The molecule has 0 saturated heterocycles. The van der Waals surface area contributed by atoms with Gasteiger partial charge in [0.15, 0.2) is 0 Å². The largest absolute Gasteiger partial charge is 0.382 e. The number of hydrogen-bond donors (Lipinski definition) is 1. The summed E-state index contributed by atoms with van der Waals surface area (Å²) in [6.45, 7) is 3.34. The molecule has 2 aliphatic rings. The highest BCUT2D eigenvalue weighted by molar-refractivity contribution is 4.83. The Hall–Kier alpha value is -0.160. The maximum Gasteiger partial charge on any atom is 0.108 e. The molecule has 0 heterocycles. The number of nitrogens with one attached hydrogen (secondary N) is 1. The lowest BCUT2D eigenvalue weighted by atomic mass is 9.69. The van der Waals surface area contributed by atoms with Crippen molar-refractivity contribution in [1.82, 2.24) is 5.48 Å². The Morgan fingerprint density at radius 3 is 2.12 bits per heavy atom. The quantitative estimate of drug-likeness (QED) is 0.325. The van der Waals surface area contributed by atoms with Crippen LogP contribution in [0.1, 0.15) is 84.0 Å². The molecule has 0 aromatic rings. The molecule has 0 aromatic heterocycles. The van der Waals surface area contributed by atoms with E-state index in [0.717, 1.165) is 17.8 Å². The van der Waals surface area contributed by atoms with Gasteiger partial charge in [-0.3, -0.25) is 0 Å². The zero-order valence-corrected chi connectivity index (χ0v) is 15.9. The molecular formula is C20H39NO3.